The summed E-state index contributed by atoms with van der Waals surface area (Å²) >= 11 is 0. The molecule has 6 heteroatoms. The van der Waals surface area contributed by atoms with E-state index < -0.39 is 8.32 Å². The highest BCUT2D eigenvalue weighted by Crippen LogP contribution is 2.37. The van der Waals surface area contributed by atoms with Crippen LogP contribution in [0.2, 0.25) is 5.04 Å². The Bertz CT molecular complexity index is 1000. The molecule has 0 N–H and O–H groups in total. The smallest absolute Gasteiger partial charge is 0.261 e. The van der Waals surface area contributed by atoms with Crippen LogP contribution in [0.1, 0.15) is 37.1 Å². The van der Waals surface area contributed by atoms with Gasteiger partial charge in [0.1, 0.15) is 5.69 Å². The van der Waals surface area contributed by atoms with Crippen molar-refractivity contribution in [2.45, 2.75) is 38.4 Å². The molecule has 0 saturated carbocycles. The predicted octanol–water partition coefficient (Wildman–Crippen LogP) is 3.07. The van der Waals surface area contributed by atoms with Crippen molar-refractivity contribution in [1.82, 2.24) is 9.55 Å². The van der Waals surface area contributed by atoms with Crippen LogP contribution in [0.3, 0.4) is 0 Å². The molecule has 3 aromatic rings. The van der Waals surface area contributed by atoms with E-state index in [1.165, 1.54) is 10.4 Å². The lowest BCUT2D eigenvalue weighted by atomic mass is 10.2. The van der Waals surface area contributed by atoms with Crippen molar-refractivity contribution in [2.24, 2.45) is 4.99 Å². The van der Waals surface area contributed by atoms with Gasteiger partial charge in [0.2, 0.25) is 0 Å². The fraction of sp³-hybridized carbons (Fsp3) is 0.292. The van der Waals surface area contributed by atoms with E-state index in [-0.39, 0.29) is 11.1 Å². The third-order valence-corrected chi connectivity index (χ3v) is 10.7. The van der Waals surface area contributed by atoms with Crippen LogP contribution in [0.15, 0.2) is 71.9 Å². The number of fused-ring (bicyclic) bond motifs is 1. The summed E-state index contributed by atoms with van der Waals surface area (Å²) in [6, 6.07) is 21.2. The quantitative estimate of drug-likeness (QED) is 0.458. The highest BCUT2D eigenvalue weighted by molar-refractivity contribution is 6.99. The average Bonchev–Trinajstić information content (AvgIpc) is 3.17. The van der Waals surface area contributed by atoms with Gasteiger partial charge in [-0.1, -0.05) is 81.4 Å². The van der Waals surface area contributed by atoms with Gasteiger partial charge in [-0.3, -0.25) is 9.79 Å². The van der Waals surface area contributed by atoms with Crippen LogP contribution in [0.4, 0.5) is 0 Å². The van der Waals surface area contributed by atoms with Crippen molar-refractivity contribution in [1.29, 1.82) is 0 Å². The Morgan fingerprint density at radius 2 is 1.67 bits per heavy atom. The second kappa shape index (κ2) is 8.12. The maximum Gasteiger partial charge on any atom is 0.261 e. The molecule has 2 heterocycles. The zero-order chi connectivity index (χ0) is 21.2. The highest BCUT2D eigenvalue weighted by Gasteiger charge is 2.50. The Morgan fingerprint density at radius 1 is 1.07 bits per heavy atom. The van der Waals surface area contributed by atoms with Gasteiger partial charge in [0.15, 0.2) is 12.1 Å². The SMILES string of the molecule is CC(C)(C)[Si](OCC1Cn2cc(C=O)nc2C=N1)(c1ccccc1)c1ccccc1. The van der Waals surface area contributed by atoms with Crippen molar-refractivity contribution in [3.05, 3.63) is 78.4 Å². The van der Waals surface area contributed by atoms with Gasteiger partial charge in [-0.05, 0) is 15.4 Å². The molecule has 4 rings (SSSR count). The van der Waals surface area contributed by atoms with Gasteiger partial charge in [-0.15, -0.1) is 0 Å². The van der Waals surface area contributed by atoms with Gasteiger partial charge < -0.3 is 8.99 Å². The van der Waals surface area contributed by atoms with E-state index in [1.807, 2.05) is 16.7 Å². The van der Waals surface area contributed by atoms with Crippen molar-refractivity contribution < 1.29 is 9.22 Å². The third kappa shape index (κ3) is 3.68. The van der Waals surface area contributed by atoms with Crippen molar-refractivity contribution in [3.8, 4) is 0 Å². The van der Waals surface area contributed by atoms with Crippen molar-refractivity contribution >= 4 is 31.2 Å². The number of rotatable bonds is 6. The molecule has 30 heavy (non-hydrogen) atoms. The number of hydrogen-bond donors (Lipinski definition) is 0. The van der Waals surface area contributed by atoms with Crippen LogP contribution in [0.25, 0.3) is 0 Å². The minimum Gasteiger partial charge on any atom is -0.405 e. The molecule has 0 aliphatic carbocycles. The van der Waals surface area contributed by atoms with Gasteiger partial charge in [-0.2, -0.15) is 0 Å². The Balaban J connectivity index is 1.68. The summed E-state index contributed by atoms with van der Waals surface area (Å²) < 4.78 is 8.96. The van der Waals surface area contributed by atoms with E-state index in [0.29, 0.717) is 18.8 Å². The minimum atomic E-state index is -2.58. The predicted molar refractivity (Wildman–Crippen MR) is 123 cm³/mol. The van der Waals surface area contributed by atoms with Gasteiger partial charge in [0.05, 0.1) is 18.9 Å². The zero-order valence-corrected chi connectivity index (χ0v) is 18.7. The van der Waals surface area contributed by atoms with Crippen molar-refractivity contribution in [2.75, 3.05) is 6.61 Å². The van der Waals surface area contributed by atoms with E-state index in [0.717, 1.165) is 12.1 Å². The lowest BCUT2D eigenvalue weighted by molar-refractivity contribution is 0.111. The number of imidazole rings is 1. The molecule has 1 aliphatic rings. The van der Waals surface area contributed by atoms with E-state index >= 15 is 0 Å². The number of aliphatic imine (C=N–C) groups is 1. The Kier molecular flexibility index (Phi) is 5.54. The molecule has 1 unspecified atom stereocenters. The first-order chi connectivity index (χ1) is 14.4. The first-order valence-corrected chi connectivity index (χ1v) is 12.2. The first kappa shape index (κ1) is 20.4. The van der Waals surface area contributed by atoms with E-state index in [9.17, 15) is 4.79 Å². The molecule has 1 aliphatic heterocycles. The molecule has 154 valence electrons. The summed E-state index contributed by atoms with van der Waals surface area (Å²) in [4.78, 5) is 20.0. The number of aromatic nitrogens is 2. The van der Waals surface area contributed by atoms with Gasteiger partial charge in [-0.25, -0.2) is 4.98 Å². The van der Waals surface area contributed by atoms with Crippen LogP contribution >= 0.6 is 0 Å². The highest BCUT2D eigenvalue weighted by atomic mass is 28.4. The maximum atomic E-state index is 11.0. The van der Waals surface area contributed by atoms with Crippen LogP contribution in [-0.2, 0) is 11.0 Å². The topological polar surface area (TPSA) is 56.5 Å². The summed E-state index contributed by atoms with van der Waals surface area (Å²) in [5.41, 5.74) is 0.435. The summed E-state index contributed by atoms with van der Waals surface area (Å²) in [6.07, 6.45) is 4.30. The minimum absolute atomic E-state index is 0.0205. The molecular formula is C24H27N3O2Si. The fourth-order valence-corrected chi connectivity index (χ4v) is 8.88. The van der Waals surface area contributed by atoms with Crippen molar-refractivity contribution in [3.63, 3.8) is 0 Å². The molecule has 0 radical (unpaired) electrons. The number of nitrogens with zero attached hydrogens (tertiary/aromatic N) is 3. The summed E-state index contributed by atoms with van der Waals surface area (Å²) in [6.45, 7) is 7.98. The van der Waals surface area contributed by atoms with Crippen LogP contribution in [0.5, 0.6) is 0 Å². The van der Waals surface area contributed by atoms with E-state index in [2.05, 4.69) is 79.3 Å². The van der Waals surface area contributed by atoms with Gasteiger partial charge in [0, 0.05) is 12.7 Å². The molecule has 0 amide bonds. The number of carbonyl (C=O) groups is 1. The molecule has 0 spiro atoms. The Hall–Kier alpha value is -2.83. The van der Waals surface area contributed by atoms with Crippen LogP contribution in [0, 0.1) is 0 Å². The summed E-state index contributed by atoms with van der Waals surface area (Å²) in [5.74, 6) is 0.721. The van der Waals surface area contributed by atoms with Gasteiger partial charge >= 0.3 is 0 Å². The molecule has 0 saturated heterocycles. The molecule has 5 nitrogen and oxygen atoms in total. The lowest BCUT2D eigenvalue weighted by Crippen LogP contribution is -2.67. The van der Waals surface area contributed by atoms with Gasteiger partial charge in [0.25, 0.3) is 8.32 Å². The Morgan fingerprint density at radius 3 is 2.20 bits per heavy atom. The summed E-state index contributed by atoms with van der Waals surface area (Å²) in [5, 5.41) is 2.45. The second-order valence-electron chi connectivity index (χ2n) is 8.70. The number of carbonyl (C=O) groups excluding carboxylic acids is 1. The molecule has 1 atom stereocenters. The number of benzene rings is 2. The van der Waals surface area contributed by atoms with Crippen LogP contribution in [-0.4, -0.2) is 43.0 Å². The average molecular weight is 418 g/mol. The molecule has 0 bridgehead atoms. The van der Waals surface area contributed by atoms with Crippen LogP contribution < -0.4 is 10.4 Å². The largest absolute Gasteiger partial charge is 0.405 e. The Labute approximate surface area is 178 Å². The first-order valence-electron chi connectivity index (χ1n) is 10.2. The maximum absolute atomic E-state index is 11.0. The monoisotopic (exact) mass is 417 g/mol. The summed E-state index contributed by atoms with van der Waals surface area (Å²) in [7, 11) is -2.58. The molecule has 0 fully saturated rings. The number of aldehydes is 1. The normalized spacial score (nSPS) is 16.3. The van der Waals surface area contributed by atoms with E-state index in [1.54, 1.807) is 12.4 Å². The molecular weight excluding hydrogens is 390 g/mol. The number of hydrogen-bond acceptors (Lipinski definition) is 4. The third-order valence-electron chi connectivity index (χ3n) is 5.66. The lowest BCUT2D eigenvalue weighted by Gasteiger charge is -2.43. The standard InChI is InChI=1S/C24H27N3O2Si/c1-24(2,3)30(21-10-6-4-7-11-21,22-12-8-5-9-13-22)29-18-20-16-27-15-19(17-28)26-23(27)14-25-20/h4-15,17,20H,16,18H2,1-3H3. The fourth-order valence-electron chi connectivity index (χ4n) is 4.28. The second-order valence-corrected chi connectivity index (χ2v) is 13.0. The van der Waals surface area contributed by atoms with E-state index in [4.69, 9.17) is 4.43 Å². The molecule has 2 aromatic carbocycles. The zero-order valence-electron chi connectivity index (χ0n) is 17.7. The molecule has 1 aromatic heterocycles.